The van der Waals surface area contributed by atoms with Crippen LogP contribution in [0, 0.1) is 12.3 Å². The van der Waals surface area contributed by atoms with Crippen LogP contribution in [0.25, 0.3) is 0 Å². The van der Waals surface area contributed by atoms with Gasteiger partial charge >= 0.3 is 0 Å². The number of nitrogens with zero attached hydrogens (tertiary/aromatic N) is 5. The van der Waals surface area contributed by atoms with E-state index in [0.717, 1.165) is 37.8 Å². The topological polar surface area (TPSA) is 67.1 Å². The van der Waals surface area contributed by atoms with Crippen LogP contribution in [-0.4, -0.2) is 73.9 Å². The molecule has 2 N–H and O–H groups in total. The maximum Gasteiger partial charge on any atom is 0.120 e. The molecule has 33 heavy (non-hydrogen) atoms. The molecule has 0 unspecified atom stereocenters. The molecule has 5 rings (SSSR count). The standard InChI is InChI=1S/C25H37N7S/c1-21-3-16-33-22(21)17-30-13-4-25(5-14-30)6-15-31(20-25)11-2-12-32(18-23-26-7-8-27-23)19-24-28-9-10-29-24/h3,7-10,16H,2,4-6,11-15,17-20H2,1H3,(H,26,27)(H,28,29). The molecule has 2 aliphatic rings. The van der Waals surface area contributed by atoms with Gasteiger partial charge in [0, 0.05) is 49.3 Å². The number of likely N-dealkylation sites (tertiary alicyclic amines) is 2. The molecule has 3 aromatic rings. The monoisotopic (exact) mass is 467 g/mol. The average molecular weight is 468 g/mol. The zero-order valence-corrected chi connectivity index (χ0v) is 20.6. The molecule has 8 heteroatoms. The molecule has 2 aliphatic heterocycles. The number of nitrogens with one attached hydrogen (secondary N) is 2. The fourth-order valence-electron chi connectivity index (χ4n) is 5.51. The van der Waals surface area contributed by atoms with Crippen molar-refractivity contribution in [3.8, 4) is 0 Å². The molecular weight excluding hydrogens is 430 g/mol. The number of rotatable bonds is 10. The maximum absolute atomic E-state index is 4.42. The van der Waals surface area contributed by atoms with Gasteiger partial charge in [-0.05, 0) is 81.2 Å². The Labute approximate surface area is 201 Å². The smallest absolute Gasteiger partial charge is 0.120 e. The van der Waals surface area contributed by atoms with Crippen LogP contribution in [0.1, 0.15) is 47.8 Å². The van der Waals surface area contributed by atoms with Gasteiger partial charge in [-0.1, -0.05) is 0 Å². The summed E-state index contributed by atoms with van der Waals surface area (Å²) in [5.41, 5.74) is 2.02. The van der Waals surface area contributed by atoms with Gasteiger partial charge < -0.3 is 14.9 Å². The number of hydrogen-bond acceptors (Lipinski definition) is 6. The minimum Gasteiger partial charge on any atom is -0.348 e. The van der Waals surface area contributed by atoms with Crippen LogP contribution >= 0.6 is 11.3 Å². The highest BCUT2D eigenvalue weighted by Gasteiger charge is 2.40. The van der Waals surface area contributed by atoms with E-state index in [9.17, 15) is 0 Å². The van der Waals surface area contributed by atoms with Gasteiger partial charge in [-0.25, -0.2) is 9.97 Å². The first kappa shape index (κ1) is 22.8. The summed E-state index contributed by atoms with van der Waals surface area (Å²) in [6.07, 6.45) is 12.7. The molecule has 0 amide bonds. The maximum atomic E-state index is 4.42. The second kappa shape index (κ2) is 10.5. The van der Waals surface area contributed by atoms with Crippen molar-refractivity contribution >= 4 is 11.3 Å². The van der Waals surface area contributed by atoms with Crippen LogP contribution in [0.2, 0.25) is 0 Å². The number of aryl methyl sites for hydroxylation is 1. The average Bonchev–Trinajstić information content (AvgIpc) is 3.61. The minimum absolute atomic E-state index is 0.559. The van der Waals surface area contributed by atoms with Crippen LogP contribution in [0.3, 0.4) is 0 Å². The Hall–Kier alpha value is -2.00. The zero-order chi connectivity index (χ0) is 22.5. The molecule has 1 spiro atoms. The molecule has 0 aromatic carbocycles. The van der Waals surface area contributed by atoms with E-state index >= 15 is 0 Å². The summed E-state index contributed by atoms with van der Waals surface area (Å²) >= 11 is 1.91. The van der Waals surface area contributed by atoms with Gasteiger partial charge in [0.25, 0.3) is 0 Å². The van der Waals surface area contributed by atoms with Crippen molar-refractivity contribution in [2.24, 2.45) is 5.41 Å². The molecule has 178 valence electrons. The first-order valence-corrected chi connectivity index (χ1v) is 13.2. The normalized spacial score (nSPS) is 19.2. The van der Waals surface area contributed by atoms with Gasteiger partial charge in [0.15, 0.2) is 0 Å². The van der Waals surface area contributed by atoms with Gasteiger partial charge in [-0.2, -0.15) is 0 Å². The van der Waals surface area contributed by atoms with Crippen LogP contribution < -0.4 is 0 Å². The lowest BCUT2D eigenvalue weighted by atomic mass is 9.78. The molecule has 7 nitrogen and oxygen atoms in total. The first-order valence-electron chi connectivity index (χ1n) is 12.3. The van der Waals surface area contributed by atoms with Gasteiger partial charge in [0.1, 0.15) is 11.6 Å². The minimum atomic E-state index is 0.559. The molecule has 0 aliphatic carbocycles. The van der Waals surface area contributed by atoms with Crippen molar-refractivity contribution in [1.29, 1.82) is 0 Å². The van der Waals surface area contributed by atoms with E-state index in [0.29, 0.717) is 5.41 Å². The van der Waals surface area contributed by atoms with E-state index in [4.69, 9.17) is 0 Å². The summed E-state index contributed by atoms with van der Waals surface area (Å²) in [6.45, 7) is 12.4. The Kier molecular flexibility index (Phi) is 7.25. The Morgan fingerprint density at radius 2 is 1.67 bits per heavy atom. The number of piperidine rings is 1. The highest BCUT2D eigenvalue weighted by Crippen LogP contribution is 2.40. The predicted molar refractivity (Wildman–Crippen MR) is 133 cm³/mol. The van der Waals surface area contributed by atoms with Gasteiger partial charge in [0.2, 0.25) is 0 Å². The van der Waals surface area contributed by atoms with Crippen LogP contribution in [0.15, 0.2) is 36.2 Å². The van der Waals surface area contributed by atoms with Crippen LogP contribution in [0.5, 0.6) is 0 Å². The van der Waals surface area contributed by atoms with Gasteiger partial charge in [-0.3, -0.25) is 9.80 Å². The van der Waals surface area contributed by atoms with Crippen molar-refractivity contribution in [2.75, 3.05) is 39.3 Å². The second-order valence-electron chi connectivity index (χ2n) is 9.97. The molecule has 0 radical (unpaired) electrons. The summed E-state index contributed by atoms with van der Waals surface area (Å²) in [6, 6.07) is 2.25. The van der Waals surface area contributed by atoms with E-state index in [1.54, 1.807) is 4.88 Å². The molecule has 2 saturated heterocycles. The Morgan fingerprint density at radius 1 is 1.00 bits per heavy atom. The van der Waals surface area contributed by atoms with Crippen LogP contribution in [-0.2, 0) is 19.6 Å². The summed E-state index contributed by atoms with van der Waals surface area (Å²) in [5, 5.41) is 2.23. The number of imidazole rings is 2. The third kappa shape index (κ3) is 5.93. The van der Waals surface area contributed by atoms with E-state index < -0.39 is 0 Å². The third-order valence-corrected chi connectivity index (χ3v) is 8.58. The molecule has 0 atom stereocenters. The second-order valence-corrected chi connectivity index (χ2v) is 11.0. The quantitative estimate of drug-likeness (QED) is 0.474. The SMILES string of the molecule is Cc1ccsc1CN1CCC2(CC1)CCN(CCCN(Cc1ncc[nH]1)Cc1ncc[nH]1)C2. The number of H-pyrrole nitrogens is 2. The molecular formula is C25H37N7S. The van der Waals surface area contributed by atoms with E-state index in [1.165, 1.54) is 64.0 Å². The molecule has 5 heterocycles. The van der Waals surface area contributed by atoms with Gasteiger partial charge in [-0.15, -0.1) is 11.3 Å². The lowest BCUT2D eigenvalue weighted by Gasteiger charge is -2.39. The molecule has 0 bridgehead atoms. The van der Waals surface area contributed by atoms with Crippen LogP contribution in [0.4, 0.5) is 0 Å². The van der Waals surface area contributed by atoms with E-state index in [1.807, 2.05) is 36.1 Å². The fourth-order valence-corrected chi connectivity index (χ4v) is 6.45. The van der Waals surface area contributed by atoms with Gasteiger partial charge in [0.05, 0.1) is 13.1 Å². The van der Waals surface area contributed by atoms with E-state index in [2.05, 4.69) is 53.0 Å². The number of aromatic nitrogens is 4. The summed E-state index contributed by atoms with van der Waals surface area (Å²) in [7, 11) is 0. The van der Waals surface area contributed by atoms with Crippen molar-refractivity contribution in [1.82, 2.24) is 34.6 Å². The number of aromatic amines is 2. The summed E-state index contributed by atoms with van der Waals surface area (Å²) in [5.74, 6) is 2.04. The highest BCUT2D eigenvalue weighted by atomic mass is 32.1. The Morgan fingerprint density at radius 3 is 2.24 bits per heavy atom. The molecule has 2 fully saturated rings. The van der Waals surface area contributed by atoms with E-state index in [-0.39, 0.29) is 0 Å². The molecule has 3 aromatic heterocycles. The summed E-state index contributed by atoms with van der Waals surface area (Å²) in [4.78, 5) is 24.7. The largest absolute Gasteiger partial charge is 0.348 e. The molecule has 0 saturated carbocycles. The summed E-state index contributed by atoms with van der Waals surface area (Å²) < 4.78 is 0. The zero-order valence-electron chi connectivity index (χ0n) is 19.8. The number of thiophene rings is 1. The number of hydrogen-bond donors (Lipinski definition) is 2. The van der Waals surface area contributed by atoms with Crippen molar-refractivity contribution < 1.29 is 0 Å². The van der Waals surface area contributed by atoms with Crippen molar-refractivity contribution in [3.63, 3.8) is 0 Å². The third-order valence-electron chi connectivity index (χ3n) is 7.57. The van der Waals surface area contributed by atoms with Crippen molar-refractivity contribution in [3.05, 3.63) is 58.3 Å². The highest BCUT2D eigenvalue weighted by molar-refractivity contribution is 7.10. The first-order chi connectivity index (χ1) is 16.2. The lowest BCUT2D eigenvalue weighted by molar-refractivity contribution is 0.102. The lowest BCUT2D eigenvalue weighted by Crippen LogP contribution is -2.41. The Balaban J connectivity index is 1.07. The predicted octanol–water partition coefficient (Wildman–Crippen LogP) is 3.88. The fraction of sp³-hybridized carbons (Fsp3) is 0.600. The van der Waals surface area contributed by atoms with Crippen molar-refractivity contribution in [2.45, 2.75) is 52.2 Å². The Bertz CT molecular complexity index is 921.